The summed E-state index contributed by atoms with van der Waals surface area (Å²) in [5, 5.41) is 20.1. The summed E-state index contributed by atoms with van der Waals surface area (Å²) in [5.74, 6) is 0. The predicted molar refractivity (Wildman–Crippen MR) is 69.1 cm³/mol. The van der Waals surface area contributed by atoms with E-state index in [4.69, 9.17) is 4.74 Å². The fourth-order valence-electron chi connectivity index (χ4n) is 2.88. The zero-order chi connectivity index (χ0) is 13.5. The van der Waals surface area contributed by atoms with Crippen LogP contribution in [0.5, 0.6) is 0 Å². The van der Waals surface area contributed by atoms with E-state index in [-0.39, 0.29) is 17.7 Å². The van der Waals surface area contributed by atoms with Gasteiger partial charge in [-0.2, -0.15) is 0 Å². The van der Waals surface area contributed by atoms with Crippen LogP contribution < -0.4 is 4.90 Å². The van der Waals surface area contributed by atoms with E-state index < -0.39 is 4.92 Å². The molecule has 6 nitrogen and oxygen atoms in total. The number of hydrogen-bond acceptors (Lipinski definition) is 5. The summed E-state index contributed by atoms with van der Waals surface area (Å²) >= 11 is 0. The Morgan fingerprint density at radius 3 is 2.79 bits per heavy atom. The van der Waals surface area contributed by atoms with Gasteiger partial charge in [-0.1, -0.05) is 0 Å². The Morgan fingerprint density at radius 1 is 1.42 bits per heavy atom. The van der Waals surface area contributed by atoms with E-state index >= 15 is 0 Å². The molecule has 2 fully saturated rings. The lowest BCUT2D eigenvalue weighted by Gasteiger charge is -2.48. The highest BCUT2D eigenvalue weighted by Gasteiger charge is 2.46. The molecule has 1 spiro atoms. The molecule has 0 amide bonds. The number of nitro benzene ring substituents is 1. The molecule has 0 atom stereocenters. The van der Waals surface area contributed by atoms with Crippen molar-refractivity contribution in [2.24, 2.45) is 5.41 Å². The molecule has 1 aromatic rings. The Bertz CT molecular complexity index is 503. The van der Waals surface area contributed by atoms with Crippen LogP contribution in [0.4, 0.5) is 11.4 Å². The molecule has 0 radical (unpaired) electrons. The van der Waals surface area contributed by atoms with Crippen LogP contribution in [0.25, 0.3) is 0 Å². The quantitative estimate of drug-likeness (QED) is 0.658. The van der Waals surface area contributed by atoms with Gasteiger partial charge in [-0.25, -0.2) is 0 Å². The SMILES string of the molecule is O=[N+]([O-])c1cc(CO)cc(N2CC3(CCOC3)C2)c1. The number of non-ortho nitro benzene ring substituents is 1. The highest BCUT2D eigenvalue weighted by Crippen LogP contribution is 2.41. The van der Waals surface area contributed by atoms with Crippen LogP contribution in [0.3, 0.4) is 0 Å². The first-order chi connectivity index (χ1) is 9.12. The van der Waals surface area contributed by atoms with Gasteiger partial charge in [0.25, 0.3) is 5.69 Å². The topological polar surface area (TPSA) is 75.8 Å². The van der Waals surface area contributed by atoms with Crippen molar-refractivity contribution in [1.29, 1.82) is 0 Å². The van der Waals surface area contributed by atoms with Crippen molar-refractivity contribution in [3.63, 3.8) is 0 Å². The van der Waals surface area contributed by atoms with E-state index in [0.717, 1.165) is 38.4 Å². The normalized spacial score (nSPS) is 20.6. The van der Waals surface area contributed by atoms with Gasteiger partial charge in [0.05, 0.1) is 18.1 Å². The summed E-state index contributed by atoms with van der Waals surface area (Å²) in [7, 11) is 0. The van der Waals surface area contributed by atoms with Crippen molar-refractivity contribution >= 4 is 11.4 Å². The van der Waals surface area contributed by atoms with Gasteiger partial charge in [-0.15, -0.1) is 0 Å². The molecule has 2 heterocycles. The molecule has 3 rings (SSSR count). The van der Waals surface area contributed by atoms with E-state index in [9.17, 15) is 15.2 Å². The van der Waals surface area contributed by atoms with Gasteiger partial charge in [-0.05, 0) is 18.1 Å². The van der Waals surface area contributed by atoms with Crippen molar-refractivity contribution in [2.45, 2.75) is 13.0 Å². The average molecular weight is 264 g/mol. The Labute approximate surface area is 110 Å². The fraction of sp³-hybridized carbons (Fsp3) is 0.538. The monoisotopic (exact) mass is 264 g/mol. The molecule has 0 bridgehead atoms. The zero-order valence-electron chi connectivity index (χ0n) is 10.5. The van der Waals surface area contributed by atoms with Crippen molar-refractivity contribution < 1.29 is 14.8 Å². The highest BCUT2D eigenvalue weighted by atomic mass is 16.6. The largest absolute Gasteiger partial charge is 0.392 e. The van der Waals surface area contributed by atoms with Gasteiger partial charge in [0.15, 0.2) is 0 Å². The number of nitrogens with zero attached hydrogens (tertiary/aromatic N) is 2. The molecular weight excluding hydrogens is 248 g/mol. The number of aliphatic hydroxyl groups excluding tert-OH is 1. The minimum Gasteiger partial charge on any atom is -0.392 e. The molecule has 0 unspecified atom stereocenters. The third-order valence-corrected chi connectivity index (χ3v) is 3.96. The lowest BCUT2D eigenvalue weighted by atomic mass is 9.79. The van der Waals surface area contributed by atoms with Gasteiger partial charge >= 0.3 is 0 Å². The van der Waals surface area contributed by atoms with Gasteiger partial charge in [0, 0.05) is 42.9 Å². The Kier molecular flexibility index (Phi) is 2.91. The zero-order valence-corrected chi connectivity index (χ0v) is 10.5. The third-order valence-electron chi connectivity index (χ3n) is 3.96. The third kappa shape index (κ3) is 2.17. The Morgan fingerprint density at radius 2 is 2.21 bits per heavy atom. The molecular formula is C13H16N2O4. The van der Waals surface area contributed by atoms with Crippen molar-refractivity contribution in [2.75, 3.05) is 31.2 Å². The maximum absolute atomic E-state index is 10.9. The smallest absolute Gasteiger partial charge is 0.271 e. The van der Waals surface area contributed by atoms with E-state index in [0.29, 0.717) is 5.56 Å². The number of nitro groups is 1. The number of aliphatic hydroxyl groups is 1. The molecule has 0 saturated carbocycles. The van der Waals surface area contributed by atoms with Crippen LogP contribution in [-0.4, -0.2) is 36.3 Å². The summed E-state index contributed by atoms with van der Waals surface area (Å²) in [5.41, 5.74) is 1.66. The van der Waals surface area contributed by atoms with Crippen molar-refractivity contribution in [3.8, 4) is 0 Å². The maximum Gasteiger partial charge on any atom is 0.271 e. The molecule has 2 aliphatic heterocycles. The maximum atomic E-state index is 10.9. The summed E-state index contributed by atoms with van der Waals surface area (Å²) in [6.07, 6.45) is 1.06. The number of anilines is 1. The number of hydrogen-bond donors (Lipinski definition) is 1. The first-order valence-electron chi connectivity index (χ1n) is 6.34. The van der Waals surface area contributed by atoms with Crippen LogP contribution in [0, 0.1) is 15.5 Å². The van der Waals surface area contributed by atoms with Gasteiger partial charge in [-0.3, -0.25) is 10.1 Å². The van der Waals surface area contributed by atoms with Crippen LogP contribution in [-0.2, 0) is 11.3 Å². The van der Waals surface area contributed by atoms with E-state index in [2.05, 4.69) is 4.90 Å². The molecule has 1 N–H and O–H groups in total. The molecule has 0 aliphatic carbocycles. The van der Waals surface area contributed by atoms with Crippen molar-refractivity contribution in [1.82, 2.24) is 0 Å². The first kappa shape index (κ1) is 12.4. The van der Waals surface area contributed by atoms with E-state index in [1.165, 1.54) is 6.07 Å². The van der Waals surface area contributed by atoms with Crippen LogP contribution in [0.1, 0.15) is 12.0 Å². The second-order valence-electron chi connectivity index (χ2n) is 5.43. The predicted octanol–water partition coefficient (Wildman–Crippen LogP) is 1.31. The molecule has 6 heteroatoms. The van der Waals surface area contributed by atoms with E-state index in [1.807, 2.05) is 6.07 Å². The Balaban J connectivity index is 1.81. The lowest BCUT2D eigenvalue weighted by Crippen LogP contribution is -2.57. The molecule has 1 aromatic carbocycles. The highest BCUT2D eigenvalue weighted by molar-refractivity contribution is 5.58. The Hall–Kier alpha value is -1.66. The number of rotatable bonds is 3. The average Bonchev–Trinajstić information content (AvgIpc) is 2.85. The number of ether oxygens (including phenoxy) is 1. The second kappa shape index (κ2) is 4.47. The molecule has 19 heavy (non-hydrogen) atoms. The first-order valence-corrected chi connectivity index (χ1v) is 6.34. The van der Waals surface area contributed by atoms with Crippen LogP contribution in [0.2, 0.25) is 0 Å². The minimum atomic E-state index is -0.420. The van der Waals surface area contributed by atoms with Crippen LogP contribution in [0.15, 0.2) is 18.2 Å². The van der Waals surface area contributed by atoms with E-state index in [1.54, 1.807) is 6.07 Å². The fourth-order valence-corrected chi connectivity index (χ4v) is 2.88. The molecule has 102 valence electrons. The standard InChI is InChI=1S/C13H16N2O4/c16-6-10-3-11(5-12(4-10)15(17)18)14-7-13(8-14)1-2-19-9-13/h3-5,16H,1-2,6-9H2. The summed E-state index contributed by atoms with van der Waals surface area (Å²) < 4.78 is 5.42. The summed E-state index contributed by atoms with van der Waals surface area (Å²) in [6, 6.07) is 4.80. The summed E-state index contributed by atoms with van der Waals surface area (Å²) in [4.78, 5) is 12.6. The van der Waals surface area contributed by atoms with Gasteiger partial charge < -0.3 is 14.7 Å². The minimum absolute atomic E-state index is 0.0326. The molecule has 2 saturated heterocycles. The summed E-state index contributed by atoms with van der Waals surface area (Å²) in [6.45, 7) is 3.16. The van der Waals surface area contributed by atoms with Gasteiger partial charge in [0.1, 0.15) is 0 Å². The molecule has 0 aromatic heterocycles. The lowest BCUT2D eigenvalue weighted by molar-refractivity contribution is -0.384. The molecule has 2 aliphatic rings. The van der Waals surface area contributed by atoms with Gasteiger partial charge in [0.2, 0.25) is 0 Å². The van der Waals surface area contributed by atoms with Crippen molar-refractivity contribution in [3.05, 3.63) is 33.9 Å². The number of benzene rings is 1. The second-order valence-corrected chi connectivity index (χ2v) is 5.43. The van der Waals surface area contributed by atoms with Crippen LogP contribution >= 0.6 is 0 Å².